The van der Waals surface area contributed by atoms with Gasteiger partial charge in [-0.15, -0.1) is 0 Å². The normalized spacial score (nSPS) is 10.8. The minimum atomic E-state index is -0.114. The first-order valence-electron chi connectivity index (χ1n) is 6.23. The standard InChI is InChI=1S/C13H13N5OS/c1-8-16-9(7-11(19)17-8)4-6-15-13-18-10-3-2-5-14-12(10)20-13/h2-3,5,7H,4,6H2,1H3,(H,15,18)(H,16,17,19). The smallest absolute Gasteiger partial charge is 0.251 e. The van der Waals surface area contributed by atoms with Crippen LogP contribution in [0.3, 0.4) is 0 Å². The van der Waals surface area contributed by atoms with E-state index >= 15 is 0 Å². The summed E-state index contributed by atoms with van der Waals surface area (Å²) >= 11 is 1.52. The zero-order valence-corrected chi connectivity index (χ0v) is 11.7. The summed E-state index contributed by atoms with van der Waals surface area (Å²) in [6.45, 7) is 2.45. The molecule has 0 amide bonds. The summed E-state index contributed by atoms with van der Waals surface area (Å²) in [5.74, 6) is 0.636. The summed E-state index contributed by atoms with van der Waals surface area (Å²) in [5, 5.41) is 4.07. The molecule has 2 N–H and O–H groups in total. The first kappa shape index (κ1) is 12.7. The molecule has 0 unspecified atom stereocenters. The van der Waals surface area contributed by atoms with E-state index in [2.05, 4.69) is 25.3 Å². The molecule has 0 aliphatic heterocycles. The Balaban J connectivity index is 1.66. The minimum Gasteiger partial charge on any atom is -0.361 e. The van der Waals surface area contributed by atoms with Crippen molar-refractivity contribution in [1.82, 2.24) is 19.9 Å². The summed E-state index contributed by atoms with van der Waals surface area (Å²) in [6.07, 6.45) is 2.43. The van der Waals surface area contributed by atoms with Gasteiger partial charge in [0.15, 0.2) is 5.13 Å². The predicted octanol–water partition coefficient (Wildman–Crippen LogP) is 1.74. The lowest BCUT2D eigenvalue weighted by molar-refractivity contribution is 0.898. The van der Waals surface area contributed by atoms with E-state index in [0.29, 0.717) is 18.8 Å². The van der Waals surface area contributed by atoms with Crippen LogP contribution in [0.5, 0.6) is 0 Å². The Morgan fingerprint density at radius 1 is 1.40 bits per heavy atom. The number of rotatable bonds is 4. The van der Waals surface area contributed by atoms with Gasteiger partial charge in [0.05, 0.1) is 0 Å². The predicted molar refractivity (Wildman–Crippen MR) is 79.2 cm³/mol. The average molecular weight is 287 g/mol. The van der Waals surface area contributed by atoms with E-state index in [0.717, 1.165) is 21.2 Å². The second kappa shape index (κ2) is 5.38. The molecular formula is C13H13N5OS. The Morgan fingerprint density at radius 2 is 2.30 bits per heavy atom. The lowest BCUT2D eigenvalue weighted by Gasteiger charge is -2.02. The van der Waals surface area contributed by atoms with E-state index in [1.807, 2.05) is 12.1 Å². The number of pyridine rings is 1. The van der Waals surface area contributed by atoms with Crippen LogP contribution in [-0.4, -0.2) is 26.5 Å². The van der Waals surface area contributed by atoms with E-state index in [9.17, 15) is 4.79 Å². The van der Waals surface area contributed by atoms with Crippen LogP contribution in [0.15, 0.2) is 29.2 Å². The van der Waals surface area contributed by atoms with Gasteiger partial charge in [-0.25, -0.2) is 15.0 Å². The van der Waals surface area contributed by atoms with Crippen molar-refractivity contribution in [3.63, 3.8) is 0 Å². The minimum absolute atomic E-state index is 0.114. The van der Waals surface area contributed by atoms with Crippen molar-refractivity contribution in [2.75, 3.05) is 11.9 Å². The van der Waals surface area contributed by atoms with E-state index < -0.39 is 0 Å². The third-order valence-corrected chi connectivity index (χ3v) is 3.67. The van der Waals surface area contributed by atoms with Gasteiger partial charge in [-0.05, 0) is 19.1 Å². The SMILES string of the molecule is Cc1nc(CCNc2nc3cccnc3s2)cc(=O)[nH]1. The van der Waals surface area contributed by atoms with Gasteiger partial charge in [0.2, 0.25) is 0 Å². The lowest BCUT2D eigenvalue weighted by Crippen LogP contribution is -2.13. The number of aromatic nitrogens is 4. The molecule has 0 fully saturated rings. The van der Waals surface area contributed by atoms with Crippen molar-refractivity contribution >= 4 is 26.8 Å². The fraction of sp³-hybridized carbons (Fsp3) is 0.231. The number of aryl methyl sites for hydroxylation is 1. The molecular weight excluding hydrogens is 274 g/mol. The topological polar surface area (TPSA) is 83.6 Å². The highest BCUT2D eigenvalue weighted by atomic mass is 32.1. The van der Waals surface area contributed by atoms with Crippen molar-refractivity contribution < 1.29 is 0 Å². The Bertz CT molecular complexity index is 762. The highest BCUT2D eigenvalue weighted by Crippen LogP contribution is 2.23. The van der Waals surface area contributed by atoms with Gasteiger partial charge in [0, 0.05) is 30.9 Å². The van der Waals surface area contributed by atoms with Crippen LogP contribution in [0.4, 0.5) is 5.13 Å². The molecule has 0 radical (unpaired) electrons. The van der Waals surface area contributed by atoms with Crippen LogP contribution in [0, 0.1) is 6.92 Å². The molecule has 0 aliphatic carbocycles. The number of nitrogens with one attached hydrogen (secondary N) is 2. The maximum absolute atomic E-state index is 11.3. The molecule has 3 heterocycles. The maximum Gasteiger partial charge on any atom is 0.251 e. The summed E-state index contributed by atoms with van der Waals surface area (Å²) in [4.78, 5) is 27.8. The van der Waals surface area contributed by atoms with Crippen molar-refractivity contribution in [3.8, 4) is 0 Å². The molecule has 7 heteroatoms. The summed E-state index contributed by atoms with van der Waals surface area (Å²) in [7, 11) is 0. The number of anilines is 1. The number of thiazole rings is 1. The molecule has 6 nitrogen and oxygen atoms in total. The Labute approximate surface area is 118 Å². The third-order valence-electron chi connectivity index (χ3n) is 2.74. The Hall–Kier alpha value is -2.28. The quantitative estimate of drug-likeness (QED) is 0.763. The van der Waals surface area contributed by atoms with Crippen LogP contribution in [0.1, 0.15) is 11.5 Å². The average Bonchev–Trinajstić information content (AvgIpc) is 2.80. The Morgan fingerprint density at radius 3 is 3.10 bits per heavy atom. The lowest BCUT2D eigenvalue weighted by atomic mass is 10.3. The van der Waals surface area contributed by atoms with Crippen LogP contribution >= 0.6 is 11.3 Å². The van der Waals surface area contributed by atoms with Gasteiger partial charge in [-0.1, -0.05) is 11.3 Å². The molecule has 0 spiro atoms. The fourth-order valence-electron chi connectivity index (χ4n) is 1.91. The number of hydrogen-bond acceptors (Lipinski definition) is 6. The fourth-order valence-corrected chi connectivity index (χ4v) is 2.75. The molecule has 0 saturated carbocycles. The van der Waals surface area contributed by atoms with Gasteiger partial charge in [-0.3, -0.25) is 4.79 Å². The van der Waals surface area contributed by atoms with E-state index in [4.69, 9.17) is 0 Å². The van der Waals surface area contributed by atoms with Gasteiger partial charge in [-0.2, -0.15) is 0 Å². The van der Waals surface area contributed by atoms with Crippen LogP contribution in [-0.2, 0) is 6.42 Å². The molecule has 3 aromatic rings. The number of aromatic amines is 1. The number of fused-ring (bicyclic) bond motifs is 1. The molecule has 0 aromatic carbocycles. The van der Waals surface area contributed by atoms with Gasteiger partial charge < -0.3 is 10.3 Å². The van der Waals surface area contributed by atoms with Crippen LogP contribution < -0.4 is 10.9 Å². The summed E-state index contributed by atoms with van der Waals surface area (Å²) in [6, 6.07) is 5.33. The monoisotopic (exact) mass is 287 g/mol. The van der Waals surface area contributed by atoms with E-state index in [1.54, 1.807) is 13.1 Å². The number of hydrogen-bond donors (Lipinski definition) is 2. The van der Waals surface area contributed by atoms with Crippen molar-refractivity contribution in [2.45, 2.75) is 13.3 Å². The molecule has 0 saturated heterocycles. The maximum atomic E-state index is 11.3. The first-order valence-corrected chi connectivity index (χ1v) is 7.04. The van der Waals surface area contributed by atoms with Crippen molar-refractivity contribution in [2.24, 2.45) is 0 Å². The van der Waals surface area contributed by atoms with Gasteiger partial charge >= 0.3 is 0 Å². The highest BCUT2D eigenvalue weighted by Gasteiger charge is 2.04. The molecule has 0 bridgehead atoms. The second-order valence-electron chi connectivity index (χ2n) is 4.35. The van der Waals surface area contributed by atoms with E-state index in [1.165, 1.54) is 17.4 Å². The molecule has 0 aliphatic rings. The molecule has 3 rings (SSSR count). The van der Waals surface area contributed by atoms with E-state index in [-0.39, 0.29) is 5.56 Å². The van der Waals surface area contributed by atoms with Crippen LogP contribution in [0.2, 0.25) is 0 Å². The zero-order chi connectivity index (χ0) is 13.9. The molecule has 102 valence electrons. The number of nitrogens with zero attached hydrogens (tertiary/aromatic N) is 3. The first-order chi connectivity index (χ1) is 9.70. The van der Waals surface area contributed by atoms with Gasteiger partial charge in [0.1, 0.15) is 16.2 Å². The molecule has 3 aromatic heterocycles. The summed E-state index contributed by atoms with van der Waals surface area (Å²) in [5.41, 5.74) is 1.56. The van der Waals surface area contributed by atoms with Gasteiger partial charge in [0.25, 0.3) is 5.56 Å². The highest BCUT2D eigenvalue weighted by molar-refractivity contribution is 7.21. The third kappa shape index (κ3) is 2.83. The zero-order valence-electron chi connectivity index (χ0n) is 10.9. The van der Waals surface area contributed by atoms with Crippen molar-refractivity contribution in [1.29, 1.82) is 0 Å². The summed E-state index contributed by atoms with van der Waals surface area (Å²) < 4.78 is 0. The molecule has 20 heavy (non-hydrogen) atoms. The largest absolute Gasteiger partial charge is 0.361 e. The van der Waals surface area contributed by atoms with Crippen molar-refractivity contribution in [3.05, 3.63) is 46.3 Å². The van der Waals surface area contributed by atoms with Crippen LogP contribution in [0.25, 0.3) is 10.3 Å². The number of H-pyrrole nitrogens is 1. The second-order valence-corrected chi connectivity index (χ2v) is 5.32. The Kier molecular flexibility index (Phi) is 3.42. The molecule has 0 atom stereocenters.